The minimum Gasteiger partial charge on any atom is -0.461 e. The zero-order valence-electron chi connectivity index (χ0n) is 8.66. The van der Waals surface area contributed by atoms with Crippen molar-refractivity contribution in [2.45, 2.75) is 13.8 Å². The van der Waals surface area contributed by atoms with Gasteiger partial charge in [-0.2, -0.15) is 0 Å². The van der Waals surface area contributed by atoms with Crippen molar-refractivity contribution >= 4 is 22.3 Å². The summed E-state index contributed by atoms with van der Waals surface area (Å²) in [5.41, 5.74) is 1.94. The Morgan fingerprint density at radius 3 is 3.20 bits per heavy atom. The van der Waals surface area contributed by atoms with Crippen molar-refractivity contribution in [3.63, 3.8) is 0 Å². The second-order valence-corrected chi connectivity index (χ2v) is 3.39. The van der Waals surface area contributed by atoms with E-state index in [-0.39, 0.29) is 0 Å². The van der Waals surface area contributed by atoms with Crippen LogP contribution in [-0.4, -0.2) is 24.1 Å². The van der Waals surface area contributed by atoms with Crippen LogP contribution >= 0.6 is 11.3 Å². The molecule has 0 fully saturated rings. The van der Waals surface area contributed by atoms with Crippen LogP contribution in [0, 0.1) is 11.8 Å². The molecule has 1 rings (SSSR count). The van der Waals surface area contributed by atoms with Crippen LogP contribution in [0.25, 0.3) is 0 Å². The molecule has 0 unspecified atom stereocenters. The highest BCUT2D eigenvalue weighted by atomic mass is 32.1. The molecule has 0 amide bonds. The van der Waals surface area contributed by atoms with Crippen molar-refractivity contribution in [1.82, 2.24) is 4.98 Å². The number of thiazole rings is 1. The van der Waals surface area contributed by atoms with Gasteiger partial charge >= 0.3 is 5.97 Å². The standard InChI is InChI=1S/C10H12N2O2S/c1-3-5-6-11-9-8(12-7-15-9)10(13)14-4-2/h7,11H,4,6H2,1-2H3. The van der Waals surface area contributed by atoms with Crippen molar-refractivity contribution in [1.29, 1.82) is 0 Å². The predicted molar refractivity (Wildman–Crippen MR) is 60.0 cm³/mol. The summed E-state index contributed by atoms with van der Waals surface area (Å²) in [7, 11) is 0. The zero-order chi connectivity index (χ0) is 11.1. The van der Waals surface area contributed by atoms with Crippen LogP contribution in [0.4, 0.5) is 5.00 Å². The van der Waals surface area contributed by atoms with E-state index in [0.717, 1.165) is 0 Å². The molecule has 1 heterocycles. The van der Waals surface area contributed by atoms with Gasteiger partial charge in [0.1, 0.15) is 5.00 Å². The first-order chi connectivity index (χ1) is 7.29. The van der Waals surface area contributed by atoms with E-state index >= 15 is 0 Å². The molecule has 0 bridgehead atoms. The molecule has 0 aliphatic rings. The average molecular weight is 224 g/mol. The molecule has 80 valence electrons. The summed E-state index contributed by atoms with van der Waals surface area (Å²) in [4.78, 5) is 15.4. The molecule has 0 aliphatic heterocycles. The van der Waals surface area contributed by atoms with E-state index in [4.69, 9.17) is 4.74 Å². The highest BCUT2D eigenvalue weighted by Crippen LogP contribution is 2.20. The van der Waals surface area contributed by atoms with Gasteiger partial charge in [0, 0.05) is 0 Å². The highest BCUT2D eigenvalue weighted by molar-refractivity contribution is 7.14. The van der Waals surface area contributed by atoms with Crippen molar-refractivity contribution in [3.8, 4) is 11.8 Å². The fourth-order valence-electron chi connectivity index (χ4n) is 0.929. The molecule has 0 atom stereocenters. The molecule has 0 saturated heterocycles. The molecule has 0 spiro atoms. The quantitative estimate of drug-likeness (QED) is 0.625. The summed E-state index contributed by atoms with van der Waals surface area (Å²) in [6, 6.07) is 0. The fraction of sp³-hybridized carbons (Fsp3) is 0.400. The summed E-state index contributed by atoms with van der Waals surface area (Å²) < 4.78 is 4.86. The monoisotopic (exact) mass is 224 g/mol. The molecule has 1 aromatic rings. The van der Waals surface area contributed by atoms with Crippen LogP contribution in [0.1, 0.15) is 24.3 Å². The third kappa shape index (κ3) is 3.26. The molecule has 4 nitrogen and oxygen atoms in total. The lowest BCUT2D eigenvalue weighted by Crippen LogP contribution is -2.09. The van der Waals surface area contributed by atoms with Gasteiger partial charge in [-0.15, -0.1) is 17.3 Å². The first-order valence-corrected chi connectivity index (χ1v) is 5.41. The van der Waals surface area contributed by atoms with Gasteiger partial charge in [-0.05, 0) is 13.8 Å². The number of nitrogens with one attached hydrogen (secondary N) is 1. The topological polar surface area (TPSA) is 51.2 Å². The van der Waals surface area contributed by atoms with Gasteiger partial charge in [-0.25, -0.2) is 9.78 Å². The molecule has 0 saturated carbocycles. The summed E-state index contributed by atoms with van der Waals surface area (Å²) in [5.74, 6) is 5.21. The van der Waals surface area contributed by atoms with Crippen molar-refractivity contribution in [2.75, 3.05) is 18.5 Å². The largest absolute Gasteiger partial charge is 0.461 e. The van der Waals surface area contributed by atoms with Crippen LogP contribution in [0.15, 0.2) is 5.51 Å². The lowest BCUT2D eigenvalue weighted by atomic mass is 10.4. The van der Waals surface area contributed by atoms with E-state index in [1.54, 1.807) is 19.4 Å². The van der Waals surface area contributed by atoms with E-state index in [9.17, 15) is 4.79 Å². The normalized spacial score (nSPS) is 8.93. The van der Waals surface area contributed by atoms with Crippen LogP contribution in [0.3, 0.4) is 0 Å². The number of rotatable bonds is 4. The SMILES string of the molecule is CC#CCNc1scnc1C(=O)OCC. The number of esters is 1. The third-order valence-electron chi connectivity index (χ3n) is 1.55. The van der Waals surface area contributed by atoms with Crippen molar-refractivity contribution < 1.29 is 9.53 Å². The van der Waals surface area contributed by atoms with Gasteiger partial charge < -0.3 is 10.1 Å². The number of hydrogen-bond donors (Lipinski definition) is 1. The van der Waals surface area contributed by atoms with E-state index in [1.807, 2.05) is 0 Å². The average Bonchev–Trinajstić information content (AvgIpc) is 2.67. The Balaban J connectivity index is 2.67. The number of ether oxygens (including phenoxy) is 1. The van der Waals surface area contributed by atoms with Crippen molar-refractivity contribution in [3.05, 3.63) is 11.2 Å². The van der Waals surface area contributed by atoms with Gasteiger partial charge in [0.05, 0.1) is 18.7 Å². The lowest BCUT2D eigenvalue weighted by Gasteiger charge is -2.02. The van der Waals surface area contributed by atoms with Gasteiger partial charge in [0.2, 0.25) is 0 Å². The maximum absolute atomic E-state index is 11.4. The predicted octanol–water partition coefficient (Wildman–Crippen LogP) is 1.76. The molecular weight excluding hydrogens is 212 g/mol. The highest BCUT2D eigenvalue weighted by Gasteiger charge is 2.15. The molecule has 1 N–H and O–H groups in total. The van der Waals surface area contributed by atoms with Gasteiger partial charge in [0.15, 0.2) is 5.69 Å². The summed E-state index contributed by atoms with van der Waals surface area (Å²) in [6.45, 7) is 4.39. The Morgan fingerprint density at radius 2 is 2.53 bits per heavy atom. The first kappa shape index (κ1) is 11.5. The number of hydrogen-bond acceptors (Lipinski definition) is 5. The molecule has 15 heavy (non-hydrogen) atoms. The number of carbonyl (C=O) groups is 1. The molecule has 5 heteroatoms. The second-order valence-electron chi connectivity index (χ2n) is 2.53. The number of aromatic nitrogens is 1. The third-order valence-corrected chi connectivity index (χ3v) is 2.33. The number of anilines is 1. The first-order valence-electron chi connectivity index (χ1n) is 4.53. The summed E-state index contributed by atoms with van der Waals surface area (Å²) in [5, 5.41) is 3.72. The van der Waals surface area contributed by atoms with E-state index in [0.29, 0.717) is 23.8 Å². The van der Waals surface area contributed by atoms with Crippen LogP contribution in [-0.2, 0) is 4.74 Å². The summed E-state index contributed by atoms with van der Waals surface area (Å²) >= 11 is 1.36. The minimum atomic E-state index is -0.397. The van der Waals surface area contributed by atoms with Gasteiger partial charge in [0.25, 0.3) is 0 Å². The van der Waals surface area contributed by atoms with Crippen LogP contribution in [0.5, 0.6) is 0 Å². The van der Waals surface area contributed by atoms with E-state index in [1.165, 1.54) is 11.3 Å². The maximum Gasteiger partial charge on any atom is 0.360 e. The fourth-order valence-corrected chi connectivity index (χ4v) is 1.60. The Kier molecular flexibility index (Phi) is 4.64. The smallest absolute Gasteiger partial charge is 0.360 e. The second kappa shape index (κ2) is 6.04. The molecular formula is C10H12N2O2S. The lowest BCUT2D eigenvalue weighted by molar-refractivity contribution is 0.0521. The maximum atomic E-state index is 11.4. The zero-order valence-corrected chi connectivity index (χ0v) is 9.48. The Hall–Kier alpha value is -1.54. The minimum absolute atomic E-state index is 0.333. The van der Waals surface area contributed by atoms with Crippen LogP contribution < -0.4 is 5.32 Å². The molecule has 0 aliphatic carbocycles. The molecule has 0 radical (unpaired) electrons. The molecule has 0 aromatic carbocycles. The Labute approximate surface area is 92.7 Å². The van der Waals surface area contributed by atoms with E-state index < -0.39 is 5.97 Å². The Morgan fingerprint density at radius 1 is 1.73 bits per heavy atom. The van der Waals surface area contributed by atoms with Crippen molar-refractivity contribution in [2.24, 2.45) is 0 Å². The number of carbonyl (C=O) groups excluding carboxylic acids is 1. The Bertz CT molecular complexity index is 390. The number of nitrogens with zero attached hydrogens (tertiary/aromatic N) is 1. The van der Waals surface area contributed by atoms with Crippen LogP contribution in [0.2, 0.25) is 0 Å². The van der Waals surface area contributed by atoms with Gasteiger partial charge in [-0.1, -0.05) is 5.92 Å². The van der Waals surface area contributed by atoms with E-state index in [2.05, 4.69) is 22.1 Å². The van der Waals surface area contributed by atoms with Gasteiger partial charge in [-0.3, -0.25) is 0 Å². The molecule has 1 aromatic heterocycles. The summed E-state index contributed by atoms with van der Waals surface area (Å²) in [6.07, 6.45) is 0.